The molecular formula is C23H30Cl2O4. The molecule has 1 unspecified atom stereocenters. The number of halogens is 2. The number of alkyl halides is 2. The Kier molecular flexibility index (Phi) is 5.45. The maximum Gasteiger partial charge on any atom is 0.339 e. The van der Waals surface area contributed by atoms with Gasteiger partial charge in [0.2, 0.25) is 4.84 Å². The van der Waals surface area contributed by atoms with Crippen LogP contribution in [0.15, 0.2) is 23.3 Å². The highest BCUT2D eigenvalue weighted by Crippen LogP contribution is 2.65. The highest BCUT2D eigenvalue weighted by molar-refractivity contribution is 6.52. The van der Waals surface area contributed by atoms with E-state index in [1.807, 2.05) is 13.0 Å². The third-order valence-corrected chi connectivity index (χ3v) is 8.77. The fourth-order valence-corrected chi connectivity index (χ4v) is 7.22. The average Bonchev–Trinajstić information content (AvgIpc) is 2.97. The molecule has 7 atom stereocenters. The fraction of sp³-hybridized carbons (Fsp3) is 0.739. The molecule has 29 heavy (non-hydrogen) atoms. The van der Waals surface area contributed by atoms with Crippen LogP contribution in [0.2, 0.25) is 0 Å². The number of hydrogen-bond donors (Lipinski definition) is 1. The second-order valence-corrected chi connectivity index (χ2v) is 10.9. The van der Waals surface area contributed by atoms with Crippen LogP contribution in [0.1, 0.15) is 59.3 Å². The molecular weight excluding hydrogens is 411 g/mol. The van der Waals surface area contributed by atoms with Gasteiger partial charge in [-0.3, -0.25) is 4.79 Å². The van der Waals surface area contributed by atoms with E-state index < -0.39 is 16.9 Å². The van der Waals surface area contributed by atoms with Gasteiger partial charge < -0.3 is 9.84 Å². The van der Waals surface area contributed by atoms with Gasteiger partial charge in [0.15, 0.2) is 5.78 Å². The molecule has 0 spiro atoms. The number of ketones is 1. The first-order valence-corrected chi connectivity index (χ1v) is 11.6. The van der Waals surface area contributed by atoms with Gasteiger partial charge in [0, 0.05) is 16.7 Å². The lowest BCUT2D eigenvalue weighted by Crippen LogP contribution is -2.57. The summed E-state index contributed by atoms with van der Waals surface area (Å²) in [7, 11) is 0. The Labute approximate surface area is 182 Å². The van der Waals surface area contributed by atoms with Crippen LogP contribution in [-0.2, 0) is 14.3 Å². The number of ether oxygens (including phenoxy) is 1. The zero-order valence-electron chi connectivity index (χ0n) is 17.3. The van der Waals surface area contributed by atoms with Crippen LogP contribution >= 0.6 is 23.2 Å². The van der Waals surface area contributed by atoms with Gasteiger partial charge in [-0.05, 0) is 62.0 Å². The fourth-order valence-electron chi connectivity index (χ4n) is 7.12. The Hall–Kier alpha value is -0.840. The molecule has 0 aromatic rings. The number of esters is 1. The van der Waals surface area contributed by atoms with Crippen LogP contribution in [0.25, 0.3) is 0 Å². The number of aliphatic hydroxyl groups is 1. The standard InChI is InChI=1S/C23H30Cl2O4/c1-4-12-10-22(2)13(9-16(12)26)5-6-14-15-7-8-18(29-21(28)20(24)25)23(15,3)11-17(27)19(14)22/h9-10,14-15,17-20,27H,4-8,11H2,1-3H3/t14-,15-,17?,18+,19+,22-,23-/m0/s1. The van der Waals surface area contributed by atoms with E-state index in [1.54, 1.807) is 0 Å². The molecule has 3 saturated carbocycles. The minimum atomic E-state index is -1.18. The molecule has 1 N–H and O–H groups in total. The van der Waals surface area contributed by atoms with Gasteiger partial charge >= 0.3 is 5.97 Å². The topological polar surface area (TPSA) is 63.6 Å². The maximum atomic E-state index is 12.4. The first kappa shape index (κ1) is 21.4. The first-order chi connectivity index (χ1) is 13.6. The predicted molar refractivity (Wildman–Crippen MR) is 113 cm³/mol. The summed E-state index contributed by atoms with van der Waals surface area (Å²) in [4.78, 5) is 23.3. The van der Waals surface area contributed by atoms with Crippen molar-refractivity contribution in [2.75, 3.05) is 0 Å². The minimum absolute atomic E-state index is 0.0819. The van der Waals surface area contributed by atoms with Crippen molar-refractivity contribution in [3.8, 4) is 0 Å². The molecule has 0 aromatic heterocycles. The Bertz CT molecular complexity index is 788. The first-order valence-electron chi connectivity index (χ1n) is 10.8. The molecule has 3 fully saturated rings. The van der Waals surface area contributed by atoms with E-state index in [1.165, 1.54) is 0 Å². The molecule has 160 valence electrons. The smallest absolute Gasteiger partial charge is 0.339 e. The van der Waals surface area contributed by atoms with E-state index in [-0.39, 0.29) is 28.6 Å². The van der Waals surface area contributed by atoms with Gasteiger partial charge in [0.1, 0.15) is 6.10 Å². The molecule has 0 radical (unpaired) electrons. The van der Waals surface area contributed by atoms with Crippen LogP contribution in [0.4, 0.5) is 0 Å². The van der Waals surface area contributed by atoms with Crippen molar-refractivity contribution in [3.05, 3.63) is 23.3 Å². The number of carbonyl (C=O) groups is 2. The van der Waals surface area contributed by atoms with Crippen LogP contribution in [-0.4, -0.2) is 33.9 Å². The van der Waals surface area contributed by atoms with Gasteiger partial charge in [0.25, 0.3) is 0 Å². The van der Waals surface area contributed by atoms with Gasteiger partial charge in [-0.25, -0.2) is 4.79 Å². The molecule has 0 aromatic carbocycles. The van der Waals surface area contributed by atoms with E-state index in [2.05, 4.69) is 19.9 Å². The molecule has 4 aliphatic carbocycles. The largest absolute Gasteiger partial charge is 0.460 e. The third kappa shape index (κ3) is 3.21. The van der Waals surface area contributed by atoms with Crippen molar-refractivity contribution in [2.45, 2.75) is 76.3 Å². The number of aliphatic hydroxyl groups excluding tert-OH is 1. The minimum Gasteiger partial charge on any atom is -0.460 e. The molecule has 0 heterocycles. The van der Waals surface area contributed by atoms with E-state index in [9.17, 15) is 14.7 Å². The van der Waals surface area contributed by atoms with Crippen LogP contribution < -0.4 is 0 Å². The Morgan fingerprint density at radius 1 is 1.31 bits per heavy atom. The number of rotatable bonds is 3. The van der Waals surface area contributed by atoms with Gasteiger partial charge in [-0.2, -0.15) is 0 Å². The monoisotopic (exact) mass is 440 g/mol. The van der Waals surface area contributed by atoms with Gasteiger partial charge in [-0.1, -0.05) is 55.6 Å². The SMILES string of the molecule is CCC1=C[C@@]2(C)C(=CC1=O)CC[C@H]1[C@@H]3CC[C@@H](OC(=O)C(Cl)Cl)[C@@]3(C)CC(O)[C@@H]12. The van der Waals surface area contributed by atoms with Gasteiger partial charge in [-0.15, -0.1) is 0 Å². The number of allylic oxidation sites excluding steroid dienone is 4. The number of fused-ring (bicyclic) bond motifs is 5. The van der Waals surface area contributed by atoms with Crippen molar-refractivity contribution >= 4 is 35.0 Å². The van der Waals surface area contributed by atoms with Crippen molar-refractivity contribution in [1.29, 1.82) is 0 Å². The lowest BCUT2D eigenvalue weighted by atomic mass is 9.47. The zero-order valence-corrected chi connectivity index (χ0v) is 18.8. The van der Waals surface area contributed by atoms with E-state index >= 15 is 0 Å². The van der Waals surface area contributed by atoms with Crippen molar-refractivity contribution in [2.24, 2.45) is 28.6 Å². The van der Waals surface area contributed by atoms with Crippen molar-refractivity contribution < 1.29 is 19.4 Å². The quantitative estimate of drug-likeness (QED) is 0.507. The molecule has 4 nitrogen and oxygen atoms in total. The Balaban J connectivity index is 1.66. The lowest BCUT2D eigenvalue weighted by Gasteiger charge is -2.58. The predicted octanol–water partition coefficient (Wildman–Crippen LogP) is 4.76. The second-order valence-electron chi connectivity index (χ2n) is 9.76. The highest BCUT2D eigenvalue weighted by Gasteiger charge is 2.62. The second kappa shape index (κ2) is 7.39. The summed E-state index contributed by atoms with van der Waals surface area (Å²) in [5, 5.41) is 11.4. The van der Waals surface area contributed by atoms with Crippen LogP contribution in [0.5, 0.6) is 0 Å². The Morgan fingerprint density at radius 3 is 2.69 bits per heavy atom. The van der Waals surface area contributed by atoms with E-state index in [4.69, 9.17) is 27.9 Å². The van der Waals surface area contributed by atoms with E-state index in [0.29, 0.717) is 24.7 Å². The molecule has 0 aliphatic heterocycles. The third-order valence-electron chi connectivity index (χ3n) is 8.41. The van der Waals surface area contributed by atoms with Crippen LogP contribution in [0.3, 0.4) is 0 Å². The average molecular weight is 441 g/mol. The van der Waals surface area contributed by atoms with Crippen molar-refractivity contribution in [1.82, 2.24) is 0 Å². The van der Waals surface area contributed by atoms with Crippen molar-refractivity contribution in [3.63, 3.8) is 0 Å². The summed E-state index contributed by atoms with van der Waals surface area (Å²) in [5.41, 5.74) is 1.45. The van der Waals surface area contributed by atoms with Gasteiger partial charge in [0.05, 0.1) is 6.10 Å². The summed E-state index contributed by atoms with van der Waals surface area (Å²) in [6, 6.07) is 0. The summed E-state index contributed by atoms with van der Waals surface area (Å²) in [5.74, 6) is 0.308. The molecule has 6 heteroatoms. The van der Waals surface area contributed by atoms with Crippen LogP contribution in [0, 0.1) is 28.6 Å². The maximum absolute atomic E-state index is 12.4. The summed E-state index contributed by atoms with van der Waals surface area (Å²) in [6.07, 6.45) is 8.07. The zero-order chi connectivity index (χ0) is 21.1. The molecule has 0 saturated heterocycles. The summed E-state index contributed by atoms with van der Waals surface area (Å²) in [6.45, 7) is 6.35. The highest BCUT2D eigenvalue weighted by atomic mass is 35.5. The Morgan fingerprint density at radius 2 is 2.03 bits per heavy atom. The molecule has 0 amide bonds. The summed E-state index contributed by atoms with van der Waals surface area (Å²) < 4.78 is 5.67. The number of carbonyl (C=O) groups excluding carboxylic acids is 2. The molecule has 4 aliphatic rings. The normalized spacial score (nSPS) is 43.8. The molecule has 0 bridgehead atoms. The lowest BCUT2D eigenvalue weighted by molar-refractivity contribution is -0.166. The number of hydrogen-bond acceptors (Lipinski definition) is 4. The summed E-state index contributed by atoms with van der Waals surface area (Å²) >= 11 is 11.4. The van der Waals surface area contributed by atoms with E-state index in [0.717, 1.165) is 36.8 Å². The molecule has 4 rings (SSSR count).